The lowest BCUT2D eigenvalue weighted by atomic mass is 10.0. The topological polar surface area (TPSA) is 81.1 Å². The second-order valence-electron chi connectivity index (χ2n) is 8.12. The van der Waals surface area contributed by atoms with Crippen LogP contribution in [0.5, 0.6) is 0 Å². The minimum Gasteiger partial charge on any atom is -0.350 e. The van der Waals surface area contributed by atoms with Crippen molar-refractivity contribution in [1.29, 1.82) is 0 Å². The number of nitrogens with zero attached hydrogens (tertiary/aromatic N) is 2. The van der Waals surface area contributed by atoms with Gasteiger partial charge in [-0.05, 0) is 36.6 Å². The summed E-state index contributed by atoms with van der Waals surface area (Å²) < 4.78 is 1.62. The summed E-state index contributed by atoms with van der Waals surface area (Å²) in [5.41, 5.74) is 1.90. The Bertz CT molecular complexity index is 1210. The maximum Gasteiger partial charge on any atom is 0.262 e. The zero-order valence-electron chi connectivity index (χ0n) is 18.5. The third-order valence-electron chi connectivity index (χ3n) is 4.91. The molecular formula is C24H26ClN3O3S. The summed E-state index contributed by atoms with van der Waals surface area (Å²) in [4.78, 5) is 41.7. The molecule has 0 bridgehead atoms. The van der Waals surface area contributed by atoms with E-state index < -0.39 is 0 Å². The lowest BCUT2D eigenvalue weighted by molar-refractivity contribution is -0.119. The van der Waals surface area contributed by atoms with Crippen molar-refractivity contribution in [2.75, 3.05) is 5.75 Å². The maximum absolute atomic E-state index is 13.1. The summed E-state index contributed by atoms with van der Waals surface area (Å²) >= 11 is 7.32. The number of amides is 1. The van der Waals surface area contributed by atoms with Gasteiger partial charge in [-0.25, -0.2) is 4.98 Å². The van der Waals surface area contributed by atoms with E-state index in [2.05, 4.69) is 10.3 Å². The van der Waals surface area contributed by atoms with Crippen molar-refractivity contribution in [2.45, 2.75) is 45.4 Å². The molecule has 8 heteroatoms. The molecular weight excluding hydrogens is 446 g/mol. The SMILES string of the molecule is CC(=O)NC(C)c1ccc(C(=O)CSc2nc3ccc(Cl)cc3c(=O)n2CC(C)C)cc1. The Morgan fingerprint density at radius 1 is 1.12 bits per heavy atom. The fourth-order valence-electron chi connectivity index (χ4n) is 3.37. The molecule has 0 saturated heterocycles. The Morgan fingerprint density at radius 3 is 2.44 bits per heavy atom. The third-order valence-corrected chi connectivity index (χ3v) is 6.13. The summed E-state index contributed by atoms with van der Waals surface area (Å²) in [5.74, 6) is 0.228. The van der Waals surface area contributed by atoms with E-state index in [1.807, 2.05) is 32.9 Å². The number of benzene rings is 2. The van der Waals surface area contributed by atoms with Crippen LogP contribution in [-0.2, 0) is 11.3 Å². The second-order valence-corrected chi connectivity index (χ2v) is 9.50. The van der Waals surface area contributed by atoms with Crippen molar-refractivity contribution in [3.63, 3.8) is 0 Å². The monoisotopic (exact) mass is 471 g/mol. The standard InChI is InChI=1S/C24H26ClN3O3S/c1-14(2)12-28-23(31)20-11-19(25)9-10-21(20)27-24(28)32-13-22(30)18-7-5-17(6-8-18)15(3)26-16(4)29/h5-11,14-15H,12-13H2,1-4H3,(H,26,29). The second kappa shape index (κ2) is 10.3. The first-order valence-electron chi connectivity index (χ1n) is 10.4. The molecule has 32 heavy (non-hydrogen) atoms. The van der Waals surface area contributed by atoms with Crippen LogP contribution >= 0.6 is 23.4 Å². The van der Waals surface area contributed by atoms with Gasteiger partial charge in [-0.15, -0.1) is 0 Å². The van der Waals surface area contributed by atoms with Gasteiger partial charge in [0.15, 0.2) is 10.9 Å². The number of hydrogen-bond acceptors (Lipinski definition) is 5. The van der Waals surface area contributed by atoms with E-state index in [0.717, 1.165) is 5.56 Å². The van der Waals surface area contributed by atoms with Gasteiger partial charge in [-0.2, -0.15) is 0 Å². The van der Waals surface area contributed by atoms with E-state index in [9.17, 15) is 14.4 Å². The summed E-state index contributed by atoms with van der Waals surface area (Å²) in [5, 5.41) is 4.29. The lowest BCUT2D eigenvalue weighted by Crippen LogP contribution is -2.26. The summed E-state index contributed by atoms with van der Waals surface area (Å²) in [6, 6.07) is 12.1. The smallest absolute Gasteiger partial charge is 0.262 e. The Labute approximate surface area is 196 Å². The van der Waals surface area contributed by atoms with Gasteiger partial charge in [0.05, 0.1) is 22.7 Å². The molecule has 1 atom stereocenters. The molecule has 0 aliphatic carbocycles. The molecule has 3 aromatic rings. The molecule has 1 N–H and O–H groups in total. The van der Waals surface area contributed by atoms with Crippen LogP contribution in [0.4, 0.5) is 0 Å². The van der Waals surface area contributed by atoms with Crippen molar-refractivity contribution in [1.82, 2.24) is 14.9 Å². The van der Waals surface area contributed by atoms with Crippen LogP contribution in [0.2, 0.25) is 5.02 Å². The van der Waals surface area contributed by atoms with E-state index in [1.165, 1.54) is 18.7 Å². The quantitative estimate of drug-likeness (QED) is 0.288. The Morgan fingerprint density at radius 2 is 1.81 bits per heavy atom. The van der Waals surface area contributed by atoms with Crippen molar-refractivity contribution in [3.8, 4) is 0 Å². The number of carbonyl (C=O) groups excluding carboxylic acids is 2. The average Bonchev–Trinajstić information content (AvgIpc) is 2.74. The van der Waals surface area contributed by atoms with E-state index in [1.54, 1.807) is 34.9 Å². The highest BCUT2D eigenvalue weighted by atomic mass is 35.5. The number of aromatic nitrogens is 2. The number of thioether (sulfide) groups is 1. The summed E-state index contributed by atoms with van der Waals surface area (Å²) in [6.07, 6.45) is 0. The fraction of sp³-hybridized carbons (Fsp3) is 0.333. The number of halogens is 1. The van der Waals surface area contributed by atoms with Gasteiger partial charge in [0, 0.05) is 24.1 Å². The van der Waals surface area contributed by atoms with Gasteiger partial charge < -0.3 is 5.32 Å². The van der Waals surface area contributed by atoms with Crippen molar-refractivity contribution in [3.05, 3.63) is 69.0 Å². The summed E-state index contributed by atoms with van der Waals surface area (Å²) in [7, 11) is 0. The number of rotatable bonds is 8. The van der Waals surface area contributed by atoms with Gasteiger partial charge in [-0.1, -0.05) is 61.5 Å². The number of carbonyl (C=O) groups is 2. The molecule has 1 heterocycles. The number of Topliss-reactive ketones (excluding diaryl/α,β-unsaturated/α-hetero) is 1. The predicted octanol–water partition coefficient (Wildman–Crippen LogP) is 4.88. The van der Waals surface area contributed by atoms with Gasteiger partial charge >= 0.3 is 0 Å². The molecule has 0 aliphatic rings. The zero-order chi connectivity index (χ0) is 23.4. The molecule has 1 amide bonds. The highest BCUT2D eigenvalue weighted by Crippen LogP contribution is 2.22. The molecule has 0 spiro atoms. The predicted molar refractivity (Wildman–Crippen MR) is 130 cm³/mol. The van der Waals surface area contributed by atoms with Crippen LogP contribution < -0.4 is 10.9 Å². The molecule has 168 valence electrons. The lowest BCUT2D eigenvalue weighted by Gasteiger charge is -2.15. The molecule has 0 fully saturated rings. The minimum absolute atomic E-state index is 0.0599. The number of hydrogen-bond donors (Lipinski definition) is 1. The molecule has 0 aliphatic heterocycles. The first kappa shape index (κ1) is 24.0. The first-order chi connectivity index (χ1) is 15.2. The fourth-order valence-corrected chi connectivity index (χ4v) is 4.44. The molecule has 3 rings (SSSR count). The third kappa shape index (κ3) is 5.78. The normalized spacial score (nSPS) is 12.2. The average molecular weight is 472 g/mol. The summed E-state index contributed by atoms with van der Waals surface area (Å²) in [6.45, 7) is 7.91. The largest absolute Gasteiger partial charge is 0.350 e. The number of ketones is 1. The van der Waals surface area contributed by atoms with Crippen molar-refractivity contribution < 1.29 is 9.59 Å². The van der Waals surface area contributed by atoms with Crippen LogP contribution in [0.1, 0.15) is 49.7 Å². The molecule has 2 aromatic carbocycles. The van der Waals surface area contributed by atoms with E-state index in [4.69, 9.17) is 11.6 Å². The van der Waals surface area contributed by atoms with E-state index in [-0.39, 0.29) is 35.0 Å². The number of fused-ring (bicyclic) bond motifs is 1. The molecule has 6 nitrogen and oxygen atoms in total. The Hall–Kier alpha value is -2.64. The Kier molecular flexibility index (Phi) is 7.74. The van der Waals surface area contributed by atoms with Gasteiger partial charge in [0.1, 0.15) is 0 Å². The van der Waals surface area contributed by atoms with Crippen LogP contribution in [0.25, 0.3) is 10.9 Å². The highest BCUT2D eigenvalue weighted by molar-refractivity contribution is 7.99. The van der Waals surface area contributed by atoms with E-state index >= 15 is 0 Å². The highest BCUT2D eigenvalue weighted by Gasteiger charge is 2.16. The minimum atomic E-state index is -0.155. The van der Waals surface area contributed by atoms with Gasteiger partial charge in [0.2, 0.25) is 5.91 Å². The zero-order valence-corrected chi connectivity index (χ0v) is 20.1. The maximum atomic E-state index is 13.1. The van der Waals surface area contributed by atoms with Gasteiger partial charge in [-0.3, -0.25) is 19.0 Å². The molecule has 0 radical (unpaired) electrons. The van der Waals surface area contributed by atoms with Crippen LogP contribution in [-0.4, -0.2) is 27.0 Å². The number of nitrogens with one attached hydrogen (secondary N) is 1. The van der Waals surface area contributed by atoms with Crippen LogP contribution in [0, 0.1) is 5.92 Å². The molecule has 0 saturated carbocycles. The molecule has 1 aromatic heterocycles. The van der Waals surface area contributed by atoms with Crippen molar-refractivity contribution >= 4 is 46.0 Å². The first-order valence-corrected chi connectivity index (χ1v) is 11.7. The molecule has 1 unspecified atom stereocenters. The van der Waals surface area contributed by atoms with Crippen LogP contribution in [0.3, 0.4) is 0 Å². The van der Waals surface area contributed by atoms with Crippen molar-refractivity contribution in [2.24, 2.45) is 5.92 Å². The van der Waals surface area contributed by atoms with Gasteiger partial charge in [0.25, 0.3) is 5.56 Å². The van der Waals surface area contributed by atoms with E-state index in [0.29, 0.717) is 33.2 Å². The van der Waals surface area contributed by atoms with Crippen LogP contribution in [0.15, 0.2) is 52.4 Å². The Balaban J connectivity index is 1.82.